The maximum atomic E-state index is 12.6. The van der Waals surface area contributed by atoms with E-state index in [0.29, 0.717) is 11.5 Å². The maximum Gasteiger partial charge on any atom is 0.407 e. The Morgan fingerprint density at radius 2 is 1.59 bits per heavy atom. The molecule has 5 rings (SSSR count). The van der Waals surface area contributed by atoms with Gasteiger partial charge in [0.2, 0.25) is 11.7 Å². The first-order valence-electron chi connectivity index (χ1n) is 11.2. The van der Waals surface area contributed by atoms with E-state index in [4.69, 9.17) is 19.9 Å². The highest BCUT2D eigenvalue weighted by atomic mass is 16.7. The average molecular weight is 459 g/mol. The summed E-state index contributed by atoms with van der Waals surface area (Å²) < 4.78 is 17.0. The first-order valence-corrected chi connectivity index (χ1v) is 11.2. The van der Waals surface area contributed by atoms with Gasteiger partial charge in [-0.2, -0.15) is 0 Å². The van der Waals surface area contributed by atoms with Crippen molar-refractivity contribution < 1.29 is 23.8 Å². The number of benzene rings is 3. The van der Waals surface area contributed by atoms with E-state index in [1.165, 1.54) is 0 Å². The lowest BCUT2D eigenvalue weighted by molar-refractivity contribution is -0.119. The number of nitrogens with one attached hydrogen (secondary N) is 1. The van der Waals surface area contributed by atoms with Crippen molar-refractivity contribution in [1.82, 2.24) is 5.32 Å². The van der Waals surface area contributed by atoms with E-state index in [0.717, 1.165) is 27.8 Å². The van der Waals surface area contributed by atoms with E-state index in [9.17, 15) is 9.59 Å². The molecule has 0 fully saturated rings. The number of alkyl carbamates (subject to hydrolysis) is 1. The molecule has 1 aliphatic heterocycles. The Hall–Kier alpha value is -4.00. The number of ether oxygens (including phenoxy) is 3. The van der Waals surface area contributed by atoms with Crippen molar-refractivity contribution in [2.75, 3.05) is 6.61 Å². The topological polar surface area (TPSA) is 99.9 Å². The van der Waals surface area contributed by atoms with Crippen LogP contribution in [0.15, 0.2) is 66.7 Å². The van der Waals surface area contributed by atoms with Gasteiger partial charge in [-0.15, -0.1) is 0 Å². The molecule has 0 aromatic heterocycles. The summed E-state index contributed by atoms with van der Waals surface area (Å²) in [5.74, 6) is -0.238. The van der Waals surface area contributed by atoms with Gasteiger partial charge in [0.05, 0.1) is 0 Å². The molecule has 3 aromatic rings. The molecule has 3 aromatic carbocycles. The standard InChI is InChI=1S/C27H26N2O5/c1-27(2)33-23-12-11-16(14-24(23)34-27)13-22(25(28)30)29-26(31)32-15-21-19-9-5-3-7-17(19)18-8-4-6-10-20(18)21/h3-12,14,21-22H,13,15H2,1-2H3,(H2,28,30)(H,29,31)/t22-/m0/s1. The highest BCUT2D eigenvalue weighted by Gasteiger charge is 2.32. The van der Waals surface area contributed by atoms with Gasteiger partial charge in [0.25, 0.3) is 0 Å². The van der Waals surface area contributed by atoms with Crippen molar-refractivity contribution in [3.63, 3.8) is 0 Å². The third kappa shape index (κ3) is 4.17. The largest absolute Gasteiger partial charge is 0.449 e. The van der Waals surface area contributed by atoms with Crippen molar-refractivity contribution in [1.29, 1.82) is 0 Å². The molecule has 2 amide bonds. The fourth-order valence-corrected chi connectivity index (χ4v) is 4.63. The molecule has 0 saturated heterocycles. The average Bonchev–Trinajstić information content (AvgIpc) is 3.29. The van der Waals surface area contributed by atoms with Gasteiger partial charge in [-0.3, -0.25) is 4.79 Å². The minimum atomic E-state index is -0.927. The number of carbonyl (C=O) groups is 2. The molecular formula is C27H26N2O5. The number of hydrogen-bond donors (Lipinski definition) is 2. The van der Waals surface area contributed by atoms with Crippen LogP contribution >= 0.6 is 0 Å². The molecule has 7 nitrogen and oxygen atoms in total. The molecule has 0 radical (unpaired) electrons. The summed E-state index contributed by atoms with van der Waals surface area (Å²) in [7, 11) is 0. The van der Waals surface area contributed by atoms with Crippen LogP contribution < -0.4 is 20.5 Å². The highest BCUT2D eigenvalue weighted by molar-refractivity contribution is 5.84. The third-order valence-electron chi connectivity index (χ3n) is 6.14. The number of primary amides is 1. The smallest absolute Gasteiger partial charge is 0.407 e. The predicted octanol–water partition coefficient (Wildman–Crippen LogP) is 4.13. The lowest BCUT2D eigenvalue weighted by Gasteiger charge is -2.18. The lowest BCUT2D eigenvalue weighted by atomic mass is 9.98. The van der Waals surface area contributed by atoms with Crippen molar-refractivity contribution in [3.05, 3.63) is 83.4 Å². The molecule has 1 aliphatic carbocycles. The molecule has 0 bridgehead atoms. The molecule has 1 atom stereocenters. The van der Waals surface area contributed by atoms with Gasteiger partial charge in [0.15, 0.2) is 11.5 Å². The number of hydrogen-bond acceptors (Lipinski definition) is 5. The van der Waals surface area contributed by atoms with Crippen molar-refractivity contribution >= 4 is 12.0 Å². The normalized spacial score (nSPS) is 15.8. The SMILES string of the molecule is CC1(C)Oc2ccc(C[C@H](NC(=O)OCC3c4ccccc4-c4ccccc43)C(N)=O)cc2O1. The molecule has 34 heavy (non-hydrogen) atoms. The van der Waals surface area contributed by atoms with Crippen LogP contribution in [-0.2, 0) is 16.0 Å². The Morgan fingerprint density at radius 1 is 0.971 bits per heavy atom. The monoisotopic (exact) mass is 458 g/mol. The van der Waals surface area contributed by atoms with Gasteiger partial charge in [0, 0.05) is 26.2 Å². The summed E-state index contributed by atoms with van der Waals surface area (Å²) in [5, 5.41) is 2.61. The molecule has 2 aliphatic rings. The van der Waals surface area contributed by atoms with E-state index in [2.05, 4.69) is 17.4 Å². The quantitative estimate of drug-likeness (QED) is 0.579. The van der Waals surface area contributed by atoms with Crippen LogP contribution in [0.25, 0.3) is 11.1 Å². The second-order valence-electron chi connectivity index (χ2n) is 9.01. The Kier molecular flexibility index (Phi) is 5.40. The van der Waals surface area contributed by atoms with E-state index in [-0.39, 0.29) is 18.9 Å². The maximum absolute atomic E-state index is 12.6. The van der Waals surface area contributed by atoms with Gasteiger partial charge < -0.3 is 25.3 Å². The molecular weight excluding hydrogens is 432 g/mol. The number of carbonyl (C=O) groups excluding carboxylic acids is 2. The fraction of sp³-hybridized carbons (Fsp3) is 0.259. The van der Waals surface area contributed by atoms with Gasteiger partial charge in [-0.05, 0) is 39.9 Å². The van der Waals surface area contributed by atoms with Crippen molar-refractivity contribution in [2.24, 2.45) is 5.73 Å². The molecule has 0 unspecified atom stereocenters. The third-order valence-corrected chi connectivity index (χ3v) is 6.14. The zero-order chi connectivity index (χ0) is 23.9. The summed E-state index contributed by atoms with van der Waals surface area (Å²) in [6, 6.07) is 20.7. The van der Waals surface area contributed by atoms with Crippen LogP contribution in [0.4, 0.5) is 4.79 Å². The summed E-state index contributed by atoms with van der Waals surface area (Å²) >= 11 is 0. The molecule has 1 heterocycles. The van der Waals surface area contributed by atoms with E-state index >= 15 is 0 Å². The second kappa shape index (κ2) is 8.41. The molecule has 174 valence electrons. The van der Waals surface area contributed by atoms with E-state index in [1.807, 2.05) is 56.3 Å². The number of nitrogens with two attached hydrogens (primary N) is 1. The summed E-state index contributed by atoms with van der Waals surface area (Å²) in [4.78, 5) is 24.7. The number of amides is 2. The molecule has 7 heteroatoms. The molecule has 0 spiro atoms. The zero-order valence-electron chi connectivity index (χ0n) is 19.0. The Morgan fingerprint density at radius 3 is 2.24 bits per heavy atom. The molecule has 3 N–H and O–H groups in total. The van der Waals surface area contributed by atoms with Crippen molar-refractivity contribution in [3.8, 4) is 22.6 Å². The van der Waals surface area contributed by atoms with Crippen LogP contribution in [0, 0.1) is 0 Å². The summed E-state index contributed by atoms with van der Waals surface area (Å²) in [5.41, 5.74) is 10.9. The van der Waals surface area contributed by atoms with Gasteiger partial charge in [0.1, 0.15) is 12.6 Å². The van der Waals surface area contributed by atoms with Crippen LogP contribution in [0.1, 0.15) is 36.5 Å². The van der Waals surface area contributed by atoms with Gasteiger partial charge >= 0.3 is 6.09 Å². The first-order chi connectivity index (χ1) is 16.3. The Labute approximate surface area is 197 Å². The van der Waals surface area contributed by atoms with Gasteiger partial charge in [-0.25, -0.2) is 4.79 Å². The minimum Gasteiger partial charge on any atom is -0.449 e. The van der Waals surface area contributed by atoms with Crippen LogP contribution in [-0.4, -0.2) is 30.4 Å². The van der Waals surface area contributed by atoms with Crippen LogP contribution in [0.2, 0.25) is 0 Å². The van der Waals surface area contributed by atoms with Crippen LogP contribution in [0.5, 0.6) is 11.5 Å². The molecule has 0 saturated carbocycles. The van der Waals surface area contributed by atoms with Crippen LogP contribution in [0.3, 0.4) is 0 Å². The van der Waals surface area contributed by atoms with Gasteiger partial charge in [-0.1, -0.05) is 54.6 Å². The minimum absolute atomic E-state index is 0.0672. The highest BCUT2D eigenvalue weighted by Crippen LogP contribution is 2.44. The lowest BCUT2D eigenvalue weighted by Crippen LogP contribution is -2.46. The summed E-state index contributed by atoms with van der Waals surface area (Å²) in [6.45, 7) is 3.79. The van der Waals surface area contributed by atoms with E-state index < -0.39 is 23.8 Å². The number of fused-ring (bicyclic) bond motifs is 4. The summed E-state index contributed by atoms with van der Waals surface area (Å²) in [6.07, 6.45) is -0.483. The Bertz CT molecular complexity index is 1220. The van der Waals surface area contributed by atoms with Crippen molar-refractivity contribution in [2.45, 2.75) is 38.0 Å². The Balaban J connectivity index is 1.25. The second-order valence-corrected chi connectivity index (χ2v) is 9.01. The zero-order valence-corrected chi connectivity index (χ0v) is 19.0. The number of rotatable bonds is 6. The van der Waals surface area contributed by atoms with E-state index in [1.54, 1.807) is 12.1 Å². The predicted molar refractivity (Wildman–Crippen MR) is 127 cm³/mol. The first kappa shape index (κ1) is 21.8. The fourth-order valence-electron chi connectivity index (χ4n) is 4.63.